The van der Waals surface area contributed by atoms with Gasteiger partial charge in [-0.3, -0.25) is 19.5 Å². The van der Waals surface area contributed by atoms with Crippen LogP contribution in [0.5, 0.6) is 0 Å². The number of carbonyl (C=O) groups is 1. The van der Waals surface area contributed by atoms with Crippen LogP contribution >= 0.6 is 11.6 Å². The van der Waals surface area contributed by atoms with E-state index >= 15 is 0 Å². The Kier molecular flexibility index (Phi) is 10.5. The fourth-order valence-corrected chi connectivity index (χ4v) is 6.44. The molecule has 1 amide bonds. The molecule has 0 aromatic heterocycles. The van der Waals surface area contributed by atoms with Crippen LogP contribution in [0.25, 0.3) is 6.08 Å². The second-order valence-corrected chi connectivity index (χ2v) is 11.6. The molecule has 3 saturated heterocycles. The molecule has 3 heterocycles. The first-order valence-corrected chi connectivity index (χ1v) is 15.0. The fourth-order valence-electron chi connectivity index (χ4n) is 6.31. The molecule has 2 atom stereocenters. The minimum absolute atomic E-state index is 0.324. The van der Waals surface area contributed by atoms with E-state index in [0.29, 0.717) is 24.3 Å². The number of morpholine rings is 1. The molecule has 0 radical (unpaired) electrons. The summed E-state index contributed by atoms with van der Waals surface area (Å²) in [5.41, 5.74) is 2.53. The molecule has 3 fully saturated rings. The highest BCUT2D eigenvalue weighted by molar-refractivity contribution is 6.30. The van der Waals surface area contributed by atoms with Crippen molar-refractivity contribution >= 4 is 23.6 Å². The lowest BCUT2D eigenvalue weighted by molar-refractivity contribution is -0.133. The lowest BCUT2D eigenvalue weighted by Crippen LogP contribution is -2.54. The van der Waals surface area contributed by atoms with Crippen molar-refractivity contribution in [3.05, 3.63) is 76.8 Å². The average molecular weight is 551 g/mol. The van der Waals surface area contributed by atoms with Crippen LogP contribution in [-0.4, -0.2) is 104 Å². The Labute approximate surface area is 239 Å². The summed E-state index contributed by atoms with van der Waals surface area (Å²) >= 11 is 6.10. The molecule has 6 nitrogen and oxygen atoms in total. The van der Waals surface area contributed by atoms with E-state index in [9.17, 15) is 4.79 Å². The van der Waals surface area contributed by atoms with Gasteiger partial charge in [0.2, 0.25) is 5.91 Å². The number of piperidine rings is 1. The molecule has 210 valence electrons. The number of piperazine rings is 1. The van der Waals surface area contributed by atoms with Gasteiger partial charge in [-0.05, 0) is 48.6 Å². The summed E-state index contributed by atoms with van der Waals surface area (Å²) < 4.78 is 5.64. The Hall–Kier alpha value is -2.22. The van der Waals surface area contributed by atoms with E-state index < -0.39 is 0 Å². The predicted octanol–water partition coefficient (Wildman–Crippen LogP) is 4.50. The largest absolute Gasteiger partial charge is 0.379 e. The van der Waals surface area contributed by atoms with Crippen LogP contribution in [0.4, 0.5) is 0 Å². The molecule has 3 aliphatic heterocycles. The topological polar surface area (TPSA) is 39.3 Å². The molecule has 5 rings (SSSR count). The SMILES string of the molecule is O=C(CC[C@H]1CN(Cc2ccc(Cl)cc2)CC[C@H]1N1CCOCC1)N1CCN(C/C=C/c2ccccc2)CC1. The first-order valence-electron chi connectivity index (χ1n) is 14.6. The summed E-state index contributed by atoms with van der Waals surface area (Å²) in [6.45, 7) is 11.2. The Morgan fingerprint density at radius 1 is 0.897 bits per heavy atom. The number of hydrogen-bond acceptors (Lipinski definition) is 5. The zero-order chi connectivity index (χ0) is 26.9. The molecule has 0 bridgehead atoms. The maximum Gasteiger partial charge on any atom is 0.222 e. The lowest BCUT2D eigenvalue weighted by atomic mass is 9.86. The van der Waals surface area contributed by atoms with E-state index in [1.165, 1.54) is 11.1 Å². The lowest BCUT2D eigenvalue weighted by Gasteiger charge is -2.45. The molecule has 0 N–H and O–H groups in total. The minimum atomic E-state index is 0.324. The summed E-state index contributed by atoms with van der Waals surface area (Å²) in [6.07, 6.45) is 7.17. The molecular weight excluding hydrogens is 508 g/mol. The van der Waals surface area contributed by atoms with Crippen LogP contribution in [-0.2, 0) is 16.1 Å². The summed E-state index contributed by atoms with van der Waals surface area (Å²) in [5, 5.41) is 0.783. The van der Waals surface area contributed by atoms with Gasteiger partial charge in [0, 0.05) is 76.4 Å². The molecule has 2 aromatic carbocycles. The van der Waals surface area contributed by atoms with Gasteiger partial charge in [-0.2, -0.15) is 0 Å². The quantitative estimate of drug-likeness (QED) is 0.460. The van der Waals surface area contributed by atoms with E-state index in [0.717, 1.165) is 96.5 Å². The molecule has 7 heteroatoms. The summed E-state index contributed by atoms with van der Waals surface area (Å²) in [7, 11) is 0. The summed E-state index contributed by atoms with van der Waals surface area (Å²) in [5.74, 6) is 0.822. The maximum absolute atomic E-state index is 13.3. The van der Waals surface area contributed by atoms with Gasteiger partial charge >= 0.3 is 0 Å². The van der Waals surface area contributed by atoms with Crippen molar-refractivity contribution < 1.29 is 9.53 Å². The van der Waals surface area contributed by atoms with Gasteiger partial charge in [0.15, 0.2) is 0 Å². The number of carbonyl (C=O) groups excluding carboxylic acids is 1. The zero-order valence-electron chi connectivity index (χ0n) is 23.1. The highest BCUT2D eigenvalue weighted by atomic mass is 35.5. The molecule has 3 aliphatic rings. The third-order valence-corrected chi connectivity index (χ3v) is 8.79. The molecular formula is C32H43ClN4O2. The average Bonchev–Trinajstić information content (AvgIpc) is 2.98. The van der Waals surface area contributed by atoms with Crippen molar-refractivity contribution in [3.63, 3.8) is 0 Å². The van der Waals surface area contributed by atoms with Crippen molar-refractivity contribution in [3.8, 4) is 0 Å². The van der Waals surface area contributed by atoms with Crippen LogP contribution in [0.2, 0.25) is 5.02 Å². The first kappa shape index (κ1) is 28.3. The van der Waals surface area contributed by atoms with Gasteiger partial charge in [-0.15, -0.1) is 0 Å². The van der Waals surface area contributed by atoms with Gasteiger partial charge in [0.05, 0.1) is 13.2 Å². The number of benzene rings is 2. The summed E-state index contributed by atoms with van der Waals surface area (Å²) in [6, 6.07) is 19.2. The molecule has 0 saturated carbocycles. The molecule has 39 heavy (non-hydrogen) atoms. The van der Waals surface area contributed by atoms with Gasteiger partial charge < -0.3 is 9.64 Å². The molecule has 0 aliphatic carbocycles. The van der Waals surface area contributed by atoms with Gasteiger partial charge in [0.1, 0.15) is 0 Å². The smallest absolute Gasteiger partial charge is 0.222 e. The van der Waals surface area contributed by atoms with Crippen LogP contribution in [0, 0.1) is 5.92 Å². The van der Waals surface area contributed by atoms with Crippen molar-refractivity contribution in [2.24, 2.45) is 5.92 Å². The van der Waals surface area contributed by atoms with E-state index in [1.54, 1.807) is 0 Å². The van der Waals surface area contributed by atoms with E-state index in [2.05, 4.69) is 68.1 Å². The summed E-state index contributed by atoms with van der Waals surface area (Å²) in [4.78, 5) is 23.0. The third-order valence-electron chi connectivity index (χ3n) is 8.54. The van der Waals surface area contributed by atoms with Crippen molar-refractivity contribution in [1.82, 2.24) is 19.6 Å². The van der Waals surface area contributed by atoms with E-state index in [4.69, 9.17) is 16.3 Å². The number of hydrogen-bond donors (Lipinski definition) is 0. The highest BCUT2D eigenvalue weighted by Gasteiger charge is 2.34. The van der Waals surface area contributed by atoms with Gasteiger partial charge in [-0.1, -0.05) is 66.2 Å². The number of rotatable bonds is 9. The van der Waals surface area contributed by atoms with Crippen molar-refractivity contribution in [1.29, 1.82) is 0 Å². The Balaban J connectivity index is 1.11. The third kappa shape index (κ3) is 8.38. The standard InChI is InChI=1S/C32H43ClN4O2/c33-30-11-8-28(9-12-30)25-35-16-14-31(36-21-23-39-24-22-36)29(26-35)10-13-32(38)37-19-17-34(18-20-37)15-4-7-27-5-2-1-3-6-27/h1-9,11-12,29,31H,10,13-26H2/b7-4+/t29-,31+/m0/s1. The number of nitrogens with zero attached hydrogens (tertiary/aromatic N) is 4. The first-order chi connectivity index (χ1) is 19.1. The monoisotopic (exact) mass is 550 g/mol. The number of likely N-dealkylation sites (tertiary alicyclic amines) is 1. The molecule has 0 unspecified atom stereocenters. The van der Waals surface area contributed by atoms with Crippen molar-refractivity contribution in [2.75, 3.05) is 72.1 Å². The second-order valence-electron chi connectivity index (χ2n) is 11.2. The Morgan fingerprint density at radius 3 is 2.38 bits per heavy atom. The van der Waals surface area contributed by atoms with Crippen LogP contribution in [0.1, 0.15) is 30.4 Å². The van der Waals surface area contributed by atoms with Crippen LogP contribution in [0.3, 0.4) is 0 Å². The Morgan fingerprint density at radius 2 is 1.64 bits per heavy atom. The predicted molar refractivity (Wildman–Crippen MR) is 159 cm³/mol. The van der Waals surface area contributed by atoms with Crippen LogP contribution < -0.4 is 0 Å². The molecule has 0 spiro atoms. The van der Waals surface area contributed by atoms with Gasteiger partial charge in [0.25, 0.3) is 0 Å². The minimum Gasteiger partial charge on any atom is -0.379 e. The Bertz CT molecular complexity index is 1050. The second kappa shape index (κ2) is 14.4. The number of ether oxygens (including phenoxy) is 1. The van der Waals surface area contributed by atoms with Crippen molar-refractivity contribution in [2.45, 2.75) is 31.8 Å². The normalized spacial score (nSPS) is 23.9. The molecule has 2 aromatic rings. The number of amides is 1. The maximum atomic E-state index is 13.3. The van der Waals surface area contributed by atoms with Crippen LogP contribution in [0.15, 0.2) is 60.7 Å². The van der Waals surface area contributed by atoms with E-state index in [-0.39, 0.29) is 0 Å². The zero-order valence-corrected chi connectivity index (χ0v) is 23.9. The highest BCUT2D eigenvalue weighted by Crippen LogP contribution is 2.28. The number of halogens is 1. The van der Waals surface area contributed by atoms with E-state index in [1.807, 2.05) is 18.2 Å². The fraction of sp³-hybridized carbons (Fsp3) is 0.531. The van der Waals surface area contributed by atoms with Gasteiger partial charge in [-0.25, -0.2) is 0 Å².